The fraction of sp³-hybridized carbons (Fsp3) is 0.417. The number of nitrogens with zero attached hydrogens (tertiary/aromatic N) is 4. The van der Waals surface area contributed by atoms with Crippen LogP contribution in [0.3, 0.4) is 0 Å². The molecule has 0 atom stereocenters. The number of amides is 1. The molecule has 0 radical (unpaired) electrons. The Hall–Kier alpha value is -2.35. The first-order chi connectivity index (χ1) is 15.0. The van der Waals surface area contributed by atoms with Crippen molar-refractivity contribution in [2.24, 2.45) is 0 Å². The predicted molar refractivity (Wildman–Crippen MR) is 138 cm³/mol. The Kier molecular flexibility index (Phi) is 9.75. The third-order valence-electron chi connectivity index (χ3n) is 5.30. The van der Waals surface area contributed by atoms with Crippen LogP contribution in [0.15, 0.2) is 42.5 Å². The van der Waals surface area contributed by atoms with Gasteiger partial charge in [-0.15, -0.1) is 12.4 Å². The van der Waals surface area contributed by atoms with Gasteiger partial charge in [0.2, 0.25) is 0 Å². The van der Waals surface area contributed by atoms with Crippen molar-refractivity contribution in [1.29, 1.82) is 0 Å². The molecule has 174 valence electrons. The SMILES string of the molecule is CCN(CC)c1ccc(C(=O)N(CCCN(C)C)c2nc3c(OC)cccc3s2)cc1.Cl. The number of hydrogen-bond donors (Lipinski definition) is 0. The second-order valence-corrected chi connectivity index (χ2v) is 8.65. The smallest absolute Gasteiger partial charge is 0.260 e. The van der Waals surface area contributed by atoms with Crippen LogP contribution >= 0.6 is 23.7 Å². The molecule has 3 rings (SSSR count). The summed E-state index contributed by atoms with van der Waals surface area (Å²) in [5.41, 5.74) is 2.60. The predicted octanol–water partition coefficient (Wildman–Crippen LogP) is 5.17. The van der Waals surface area contributed by atoms with Gasteiger partial charge in [-0.25, -0.2) is 4.98 Å². The van der Waals surface area contributed by atoms with E-state index in [4.69, 9.17) is 9.72 Å². The Morgan fingerprint density at radius 3 is 2.31 bits per heavy atom. The number of methoxy groups -OCH3 is 1. The van der Waals surface area contributed by atoms with Crippen molar-refractivity contribution in [2.45, 2.75) is 20.3 Å². The van der Waals surface area contributed by atoms with Crippen LogP contribution in [0.1, 0.15) is 30.6 Å². The van der Waals surface area contributed by atoms with Crippen LogP contribution in [-0.2, 0) is 0 Å². The first kappa shape index (κ1) is 25.9. The molecule has 0 aliphatic rings. The highest BCUT2D eigenvalue weighted by atomic mass is 35.5. The van der Waals surface area contributed by atoms with Gasteiger partial charge in [0.05, 0.1) is 11.8 Å². The van der Waals surface area contributed by atoms with Crippen LogP contribution in [0, 0.1) is 0 Å². The van der Waals surface area contributed by atoms with Gasteiger partial charge in [0, 0.05) is 30.9 Å². The molecule has 0 unspecified atom stereocenters. The zero-order valence-electron chi connectivity index (χ0n) is 19.5. The van der Waals surface area contributed by atoms with Crippen molar-refractivity contribution in [3.8, 4) is 5.75 Å². The highest BCUT2D eigenvalue weighted by Gasteiger charge is 2.22. The van der Waals surface area contributed by atoms with Crippen LogP contribution in [0.4, 0.5) is 10.8 Å². The van der Waals surface area contributed by atoms with Crippen LogP contribution in [-0.4, -0.2) is 63.2 Å². The Balaban J connectivity index is 0.00000363. The summed E-state index contributed by atoms with van der Waals surface area (Å²) in [6.45, 7) is 7.66. The maximum atomic E-state index is 13.5. The largest absolute Gasteiger partial charge is 0.494 e. The number of carbonyl (C=O) groups excluding carboxylic acids is 1. The Labute approximate surface area is 201 Å². The van der Waals surface area contributed by atoms with Gasteiger partial charge in [-0.2, -0.15) is 0 Å². The van der Waals surface area contributed by atoms with Crippen molar-refractivity contribution >= 4 is 50.7 Å². The second kappa shape index (κ2) is 12.0. The molecular formula is C24H33ClN4O2S. The standard InChI is InChI=1S/C24H32N4O2S.ClH/c1-6-27(7-2)19-14-12-18(13-15-19)23(29)28(17-9-16-26(3)4)24-25-22-20(30-5)10-8-11-21(22)31-24;/h8,10-15H,6-7,9,16-17H2,1-5H3;1H. The molecule has 1 heterocycles. The van der Waals surface area contributed by atoms with Gasteiger partial charge in [0.25, 0.3) is 5.91 Å². The van der Waals surface area contributed by atoms with Crippen molar-refractivity contribution in [2.75, 3.05) is 57.2 Å². The molecule has 2 aromatic carbocycles. The number of anilines is 2. The maximum absolute atomic E-state index is 13.5. The Morgan fingerprint density at radius 2 is 1.72 bits per heavy atom. The van der Waals surface area contributed by atoms with E-state index in [0.29, 0.717) is 17.2 Å². The normalized spacial score (nSPS) is 10.8. The van der Waals surface area contributed by atoms with E-state index in [9.17, 15) is 4.79 Å². The summed E-state index contributed by atoms with van der Waals surface area (Å²) in [6.07, 6.45) is 0.864. The lowest BCUT2D eigenvalue weighted by molar-refractivity contribution is 0.0986. The number of fused-ring (bicyclic) bond motifs is 1. The fourth-order valence-corrected chi connectivity index (χ4v) is 4.59. The molecule has 6 nitrogen and oxygen atoms in total. The first-order valence-corrected chi connectivity index (χ1v) is 11.5. The van der Waals surface area contributed by atoms with Crippen LogP contribution in [0.25, 0.3) is 10.2 Å². The monoisotopic (exact) mass is 476 g/mol. The maximum Gasteiger partial charge on any atom is 0.260 e. The van der Waals surface area contributed by atoms with Gasteiger partial charge in [-0.3, -0.25) is 9.69 Å². The minimum absolute atomic E-state index is 0. The van der Waals surface area contributed by atoms with Crippen LogP contribution in [0.2, 0.25) is 0 Å². The van der Waals surface area contributed by atoms with Gasteiger partial charge in [-0.05, 0) is 77.3 Å². The van der Waals surface area contributed by atoms with Gasteiger partial charge in [0.1, 0.15) is 11.3 Å². The molecule has 0 aliphatic heterocycles. The van der Waals surface area contributed by atoms with E-state index in [0.717, 1.165) is 47.7 Å². The zero-order chi connectivity index (χ0) is 22.4. The summed E-state index contributed by atoms with van der Waals surface area (Å²) < 4.78 is 6.48. The molecule has 0 N–H and O–H groups in total. The van der Waals surface area contributed by atoms with Crippen molar-refractivity contribution < 1.29 is 9.53 Å². The molecule has 0 aliphatic carbocycles. The summed E-state index contributed by atoms with van der Waals surface area (Å²) >= 11 is 1.52. The Morgan fingerprint density at radius 1 is 1.03 bits per heavy atom. The minimum atomic E-state index is -0.0251. The number of ether oxygens (including phenoxy) is 1. The number of thiazole rings is 1. The zero-order valence-corrected chi connectivity index (χ0v) is 21.1. The number of halogens is 1. The van der Waals surface area contributed by atoms with Gasteiger partial charge < -0.3 is 14.5 Å². The van der Waals surface area contributed by atoms with E-state index in [-0.39, 0.29) is 18.3 Å². The molecule has 0 spiro atoms. The molecule has 3 aromatic rings. The van der Waals surface area contributed by atoms with E-state index in [1.165, 1.54) is 11.3 Å². The quantitative estimate of drug-likeness (QED) is 0.404. The number of para-hydroxylation sites is 1. The second-order valence-electron chi connectivity index (χ2n) is 7.64. The van der Waals surface area contributed by atoms with Gasteiger partial charge >= 0.3 is 0 Å². The Bertz CT molecular complexity index is 1000. The molecule has 1 amide bonds. The molecule has 0 saturated heterocycles. The highest BCUT2D eigenvalue weighted by Crippen LogP contribution is 2.34. The van der Waals surface area contributed by atoms with Crippen LogP contribution in [0.5, 0.6) is 5.75 Å². The number of carbonyl (C=O) groups is 1. The summed E-state index contributed by atoms with van der Waals surface area (Å²) in [5, 5.41) is 0.705. The topological polar surface area (TPSA) is 48.9 Å². The molecule has 0 saturated carbocycles. The lowest BCUT2D eigenvalue weighted by Gasteiger charge is -2.23. The van der Waals surface area contributed by atoms with E-state index in [1.807, 2.05) is 56.6 Å². The molecular weight excluding hydrogens is 444 g/mol. The lowest BCUT2D eigenvalue weighted by atomic mass is 10.1. The van der Waals surface area contributed by atoms with Crippen molar-refractivity contribution in [1.82, 2.24) is 9.88 Å². The third kappa shape index (κ3) is 5.91. The summed E-state index contributed by atoms with van der Waals surface area (Å²) in [7, 11) is 5.73. The molecule has 0 bridgehead atoms. The molecule has 32 heavy (non-hydrogen) atoms. The van der Waals surface area contributed by atoms with Gasteiger partial charge in [-0.1, -0.05) is 17.4 Å². The highest BCUT2D eigenvalue weighted by molar-refractivity contribution is 7.22. The van der Waals surface area contributed by atoms with E-state index in [1.54, 1.807) is 12.0 Å². The minimum Gasteiger partial charge on any atom is -0.494 e. The number of aromatic nitrogens is 1. The summed E-state index contributed by atoms with van der Waals surface area (Å²) in [4.78, 5) is 24.5. The molecule has 0 fully saturated rings. The van der Waals surface area contributed by atoms with E-state index in [2.05, 4.69) is 23.6 Å². The van der Waals surface area contributed by atoms with Crippen molar-refractivity contribution in [3.05, 3.63) is 48.0 Å². The average molecular weight is 477 g/mol. The molecule has 1 aromatic heterocycles. The lowest BCUT2D eigenvalue weighted by Crippen LogP contribution is -2.33. The number of rotatable bonds is 10. The van der Waals surface area contributed by atoms with Gasteiger partial charge in [0.15, 0.2) is 5.13 Å². The molecule has 8 heteroatoms. The van der Waals surface area contributed by atoms with E-state index < -0.39 is 0 Å². The van der Waals surface area contributed by atoms with E-state index >= 15 is 0 Å². The van der Waals surface area contributed by atoms with Crippen LogP contribution < -0.4 is 14.5 Å². The van der Waals surface area contributed by atoms with Crippen molar-refractivity contribution in [3.63, 3.8) is 0 Å². The number of benzene rings is 2. The first-order valence-electron chi connectivity index (χ1n) is 10.7. The number of hydrogen-bond acceptors (Lipinski definition) is 6. The fourth-order valence-electron chi connectivity index (χ4n) is 3.58. The summed E-state index contributed by atoms with van der Waals surface area (Å²) in [5.74, 6) is 0.701. The average Bonchev–Trinajstić information content (AvgIpc) is 3.21. The third-order valence-corrected chi connectivity index (χ3v) is 6.34. The summed E-state index contributed by atoms with van der Waals surface area (Å²) in [6, 6.07) is 13.8.